The molecule has 0 saturated carbocycles. The van der Waals surface area contributed by atoms with Crippen molar-refractivity contribution in [3.8, 4) is 0 Å². The lowest BCUT2D eigenvalue weighted by molar-refractivity contribution is -0.139. The number of alkyl halides is 6. The van der Waals surface area contributed by atoms with E-state index in [1.165, 1.54) is 13.5 Å². The Morgan fingerprint density at radius 1 is 0.806 bits per heavy atom. The van der Waals surface area contributed by atoms with E-state index in [9.17, 15) is 31.1 Å². The lowest BCUT2D eigenvalue weighted by Gasteiger charge is -2.41. The Hall–Kier alpha value is -0.639. The molecule has 0 amide bonds. The molecule has 0 rings (SSSR count). The molecule has 1 atom stereocenters. The standard InChI is InChI=1S/C18H34F6O4Si3/c1-15(2)16(25)26-11-8-12-29(3,4)27-31(7,14-10-18(22,23)24)28-30(5,6)13-9-17(19,20)21/h1,8-14H2,2-7H3. The zero-order valence-corrected chi connectivity index (χ0v) is 22.1. The highest BCUT2D eigenvalue weighted by Gasteiger charge is 2.46. The van der Waals surface area contributed by atoms with Crippen molar-refractivity contribution in [3.63, 3.8) is 0 Å². The van der Waals surface area contributed by atoms with Crippen molar-refractivity contribution in [2.75, 3.05) is 6.61 Å². The van der Waals surface area contributed by atoms with Crippen molar-refractivity contribution >= 4 is 31.2 Å². The number of esters is 1. The highest BCUT2D eigenvalue weighted by molar-refractivity contribution is 6.88. The van der Waals surface area contributed by atoms with Crippen molar-refractivity contribution in [1.29, 1.82) is 0 Å². The highest BCUT2D eigenvalue weighted by Crippen LogP contribution is 2.34. The Bertz CT molecular complexity index is 608. The average Bonchev–Trinajstić information content (AvgIpc) is 2.53. The van der Waals surface area contributed by atoms with E-state index in [-0.39, 0.29) is 24.3 Å². The molecule has 0 aromatic carbocycles. The van der Waals surface area contributed by atoms with Gasteiger partial charge in [-0.2, -0.15) is 26.3 Å². The molecular formula is C18H34F6O4Si3. The third-order valence-corrected chi connectivity index (χ3v) is 16.4. The Morgan fingerprint density at radius 2 is 1.23 bits per heavy atom. The van der Waals surface area contributed by atoms with Gasteiger partial charge in [0.05, 0.1) is 6.61 Å². The fraction of sp³-hybridized carbons (Fsp3) is 0.833. The van der Waals surface area contributed by atoms with Gasteiger partial charge in [-0.15, -0.1) is 0 Å². The number of carbonyl (C=O) groups excluding carboxylic acids is 1. The normalized spacial score (nSPS) is 15.5. The summed E-state index contributed by atoms with van der Waals surface area (Å²) in [5, 5.41) is 0. The number of halogens is 6. The van der Waals surface area contributed by atoms with Gasteiger partial charge < -0.3 is 13.0 Å². The molecule has 0 spiro atoms. The minimum Gasteiger partial charge on any atom is -0.462 e. The molecule has 0 fully saturated rings. The first kappa shape index (κ1) is 30.4. The second-order valence-electron chi connectivity index (χ2n) is 9.11. The molecule has 0 N–H and O–H groups in total. The molecule has 0 aromatic rings. The fourth-order valence-corrected chi connectivity index (χ4v) is 17.1. The van der Waals surface area contributed by atoms with E-state index >= 15 is 0 Å². The Labute approximate surface area is 183 Å². The summed E-state index contributed by atoms with van der Waals surface area (Å²) in [5.41, 5.74) is 0.263. The largest absolute Gasteiger partial charge is 0.462 e. The van der Waals surface area contributed by atoms with Crippen LogP contribution in [0.1, 0.15) is 26.2 Å². The Balaban J connectivity index is 5.19. The van der Waals surface area contributed by atoms with Crippen LogP contribution < -0.4 is 0 Å². The fourth-order valence-electron chi connectivity index (χ4n) is 2.99. The number of ether oxygens (including phenoxy) is 1. The molecule has 184 valence electrons. The zero-order valence-electron chi connectivity index (χ0n) is 19.1. The van der Waals surface area contributed by atoms with E-state index in [4.69, 9.17) is 13.0 Å². The van der Waals surface area contributed by atoms with Crippen LogP contribution in [0.5, 0.6) is 0 Å². The molecule has 1 unspecified atom stereocenters. The maximum Gasteiger partial charge on any atom is 0.389 e. The van der Waals surface area contributed by atoms with Gasteiger partial charge in [0, 0.05) is 18.4 Å². The van der Waals surface area contributed by atoms with Gasteiger partial charge in [-0.05, 0) is 64.2 Å². The van der Waals surface area contributed by atoms with Crippen LogP contribution in [-0.4, -0.2) is 50.1 Å². The van der Waals surface area contributed by atoms with Gasteiger partial charge in [-0.3, -0.25) is 0 Å². The van der Waals surface area contributed by atoms with Gasteiger partial charge in [0.1, 0.15) is 0 Å². The van der Waals surface area contributed by atoms with Crippen molar-refractivity contribution in [2.24, 2.45) is 0 Å². The first-order valence-electron chi connectivity index (χ1n) is 10.0. The van der Waals surface area contributed by atoms with Gasteiger partial charge in [-0.1, -0.05) is 6.58 Å². The Morgan fingerprint density at radius 3 is 1.65 bits per heavy atom. The van der Waals surface area contributed by atoms with Crippen molar-refractivity contribution in [1.82, 2.24) is 0 Å². The maximum absolute atomic E-state index is 12.9. The highest BCUT2D eigenvalue weighted by atomic mass is 28.5. The second kappa shape index (κ2) is 11.5. The summed E-state index contributed by atoms with van der Waals surface area (Å²) >= 11 is 0. The topological polar surface area (TPSA) is 44.8 Å². The van der Waals surface area contributed by atoms with E-state index in [1.807, 2.05) is 13.1 Å². The van der Waals surface area contributed by atoms with E-state index in [0.29, 0.717) is 12.5 Å². The molecular weight excluding hydrogens is 478 g/mol. The van der Waals surface area contributed by atoms with Gasteiger partial charge in [-0.25, -0.2) is 4.79 Å². The van der Waals surface area contributed by atoms with E-state index in [2.05, 4.69) is 6.58 Å². The summed E-state index contributed by atoms with van der Waals surface area (Å²) in [6.45, 7) is 13.4. The second-order valence-corrected chi connectivity index (χ2v) is 21.5. The lowest BCUT2D eigenvalue weighted by atomic mass is 10.4. The third-order valence-electron chi connectivity index (χ3n) is 4.36. The molecule has 4 nitrogen and oxygen atoms in total. The van der Waals surface area contributed by atoms with Crippen molar-refractivity contribution in [3.05, 3.63) is 12.2 Å². The zero-order chi connectivity index (χ0) is 24.7. The van der Waals surface area contributed by atoms with Gasteiger partial charge >= 0.3 is 26.9 Å². The number of carbonyl (C=O) groups is 1. The molecule has 31 heavy (non-hydrogen) atoms. The monoisotopic (exact) mass is 512 g/mol. The van der Waals surface area contributed by atoms with E-state index in [0.717, 1.165) is 0 Å². The van der Waals surface area contributed by atoms with Gasteiger partial charge in [0.15, 0.2) is 16.6 Å². The van der Waals surface area contributed by atoms with Gasteiger partial charge in [0.25, 0.3) is 0 Å². The molecule has 0 bridgehead atoms. The summed E-state index contributed by atoms with van der Waals surface area (Å²) in [5.74, 6) is -0.523. The predicted octanol–water partition coefficient (Wildman–Crippen LogP) is 6.92. The molecule has 0 aromatic heterocycles. The molecule has 0 aliphatic rings. The van der Waals surface area contributed by atoms with E-state index in [1.54, 1.807) is 13.1 Å². The van der Waals surface area contributed by atoms with Crippen LogP contribution in [0.15, 0.2) is 12.2 Å². The summed E-state index contributed by atoms with van der Waals surface area (Å²) in [6.07, 6.45) is -10.5. The quantitative estimate of drug-likeness (QED) is 0.0884. The maximum atomic E-state index is 12.9. The molecule has 0 aliphatic heterocycles. The first-order chi connectivity index (χ1) is 13.7. The SMILES string of the molecule is C=C(C)C(=O)OCCC[Si](C)(C)O[Si](C)(CCC(F)(F)F)O[Si](C)(C)CCC(F)(F)F. The average molecular weight is 513 g/mol. The summed E-state index contributed by atoms with van der Waals surface area (Å²) in [7, 11) is -8.87. The van der Waals surface area contributed by atoms with Crippen LogP contribution >= 0.6 is 0 Å². The van der Waals surface area contributed by atoms with Crippen LogP contribution in [0.25, 0.3) is 0 Å². The Kier molecular flexibility index (Phi) is 11.2. The van der Waals surface area contributed by atoms with Crippen molar-refractivity contribution < 1.29 is 44.1 Å². The molecule has 13 heteroatoms. The first-order valence-corrected chi connectivity index (χ1v) is 18.8. The van der Waals surface area contributed by atoms with Crippen LogP contribution in [0.4, 0.5) is 26.3 Å². The number of hydrogen-bond acceptors (Lipinski definition) is 4. The summed E-state index contributed by atoms with van der Waals surface area (Å²) in [4.78, 5) is 11.4. The van der Waals surface area contributed by atoms with Gasteiger partial charge in [0.2, 0.25) is 0 Å². The van der Waals surface area contributed by atoms with Crippen LogP contribution in [0.3, 0.4) is 0 Å². The number of hydrogen-bond donors (Lipinski definition) is 0. The predicted molar refractivity (Wildman–Crippen MR) is 115 cm³/mol. The molecule has 0 aliphatic carbocycles. The smallest absolute Gasteiger partial charge is 0.389 e. The summed E-state index contributed by atoms with van der Waals surface area (Å²) in [6, 6.07) is -0.119. The lowest BCUT2D eigenvalue weighted by Crippen LogP contribution is -2.54. The molecule has 0 saturated heterocycles. The van der Waals surface area contributed by atoms with Crippen LogP contribution in [0.2, 0.25) is 50.9 Å². The van der Waals surface area contributed by atoms with Crippen molar-refractivity contribution in [2.45, 2.75) is 89.4 Å². The van der Waals surface area contributed by atoms with Crippen LogP contribution in [-0.2, 0) is 17.8 Å². The minimum atomic E-state index is -4.42. The molecule has 0 heterocycles. The summed E-state index contributed by atoms with van der Waals surface area (Å²) < 4.78 is 93.8. The minimum absolute atomic E-state index is 0.124. The molecule has 0 radical (unpaired) electrons. The van der Waals surface area contributed by atoms with E-state index < -0.39 is 56.4 Å². The third kappa shape index (κ3) is 15.7. The number of rotatable bonds is 13. The van der Waals surface area contributed by atoms with Crippen LogP contribution in [0, 0.1) is 0 Å².